The minimum absolute atomic E-state index is 0.0653. The van der Waals surface area contributed by atoms with E-state index in [1.54, 1.807) is 23.7 Å². The molecule has 0 spiro atoms. The van der Waals surface area contributed by atoms with Crippen LogP contribution in [0.2, 0.25) is 0 Å². The molecule has 29 heavy (non-hydrogen) atoms. The van der Waals surface area contributed by atoms with Crippen LogP contribution in [-0.4, -0.2) is 19.0 Å². The quantitative estimate of drug-likeness (QED) is 0.595. The number of rotatable bonds is 3. The normalized spacial score (nSPS) is 12.6. The van der Waals surface area contributed by atoms with E-state index in [1.165, 1.54) is 5.56 Å². The fraction of sp³-hybridized carbons (Fsp3) is 0.130. The van der Waals surface area contributed by atoms with Crippen molar-refractivity contribution < 1.29 is 9.59 Å². The largest absolute Gasteiger partial charge is 0.323 e. The summed E-state index contributed by atoms with van der Waals surface area (Å²) >= 11 is 1.55. The lowest BCUT2D eigenvalue weighted by Gasteiger charge is -2.18. The molecule has 1 aliphatic heterocycles. The molecule has 3 aromatic carbocycles. The first-order valence-electron chi connectivity index (χ1n) is 9.41. The van der Waals surface area contributed by atoms with Crippen LogP contribution in [0.5, 0.6) is 0 Å². The van der Waals surface area contributed by atoms with E-state index in [4.69, 9.17) is 0 Å². The van der Waals surface area contributed by atoms with Crippen LogP contribution < -0.4 is 15.5 Å². The Labute approximate surface area is 174 Å². The molecule has 0 bridgehead atoms. The number of carbonyl (C=O) groups is 2. The van der Waals surface area contributed by atoms with E-state index >= 15 is 0 Å². The van der Waals surface area contributed by atoms with Crippen molar-refractivity contribution in [1.82, 2.24) is 0 Å². The second-order valence-corrected chi connectivity index (χ2v) is 7.86. The second kappa shape index (κ2) is 8.01. The van der Waals surface area contributed by atoms with Crippen molar-refractivity contribution in [3.8, 4) is 0 Å². The third-order valence-electron chi connectivity index (χ3n) is 4.84. The first-order chi connectivity index (χ1) is 14.0. The van der Waals surface area contributed by atoms with Crippen molar-refractivity contribution in [2.24, 2.45) is 0 Å². The maximum absolute atomic E-state index is 12.8. The van der Waals surface area contributed by atoms with Gasteiger partial charge in [0.05, 0.1) is 11.3 Å². The molecule has 3 amide bonds. The molecule has 146 valence electrons. The number of urea groups is 1. The smallest absolute Gasteiger partial charge is 0.310 e. The number of anilines is 3. The van der Waals surface area contributed by atoms with Gasteiger partial charge in [-0.3, -0.25) is 4.79 Å². The van der Waals surface area contributed by atoms with Crippen LogP contribution in [0.4, 0.5) is 21.9 Å². The summed E-state index contributed by atoms with van der Waals surface area (Å²) < 4.78 is 0. The summed E-state index contributed by atoms with van der Waals surface area (Å²) in [5, 5.41) is 5.68. The van der Waals surface area contributed by atoms with Gasteiger partial charge in [0.15, 0.2) is 0 Å². The number of nitrogens with zero attached hydrogens (tertiary/aromatic N) is 1. The van der Waals surface area contributed by atoms with E-state index in [2.05, 4.69) is 17.6 Å². The summed E-state index contributed by atoms with van der Waals surface area (Å²) in [6, 6.07) is 20.6. The summed E-state index contributed by atoms with van der Waals surface area (Å²) in [6.07, 6.45) is 0.954. The molecule has 0 saturated carbocycles. The average molecular weight is 404 g/mol. The van der Waals surface area contributed by atoms with Gasteiger partial charge in [0.25, 0.3) is 5.91 Å². The number of hydrogen-bond donors (Lipinski definition) is 2. The topological polar surface area (TPSA) is 61.4 Å². The second-order valence-electron chi connectivity index (χ2n) is 6.77. The molecule has 6 heteroatoms. The lowest BCUT2D eigenvalue weighted by Crippen LogP contribution is -2.26. The van der Waals surface area contributed by atoms with Crippen LogP contribution in [0.1, 0.15) is 22.8 Å². The number of fused-ring (bicyclic) bond motifs is 2. The number of aryl methyl sites for hydroxylation is 1. The van der Waals surface area contributed by atoms with E-state index in [-0.39, 0.29) is 11.9 Å². The van der Waals surface area contributed by atoms with Crippen molar-refractivity contribution in [3.05, 3.63) is 77.9 Å². The molecule has 0 fully saturated rings. The van der Waals surface area contributed by atoms with Crippen molar-refractivity contribution in [3.63, 3.8) is 0 Å². The fourth-order valence-electron chi connectivity index (χ4n) is 3.20. The Hall–Kier alpha value is -3.25. The van der Waals surface area contributed by atoms with Gasteiger partial charge in [-0.2, -0.15) is 0 Å². The fourth-order valence-corrected chi connectivity index (χ4v) is 4.29. The zero-order valence-corrected chi connectivity index (χ0v) is 17.0. The Bertz CT molecular complexity index is 1080. The van der Waals surface area contributed by atoms with Gasteiger partial charge in [0.2, 0.25) is 0 Å². The van der Waals surface area contributed by atoms with Crippen LogP contribution in [0.15, 0.2) is 76.5 Å². The summed E-state index contributed by atoms with van der Waals surface area (Å²) in [7, 11) is 1.75. The molecular weight excluding hydrogens is 382 g/mol. The Morgan fingerprint density at radius 2 is 1.62 bits per heavy atom. The first-order valence-corrected chi connectivity index (χ1v) is 10.2. The molecule has 3 aromatic rings. The van der Waals surface area contributed by atoms with Gasteiger partial charge in [-0.1, -0.05) is 43.0 Å². The molecule has 0 aliphatic carbocycles. The minimum atomic E-state index is -0.326. The van der Waals surface area contributed by atoms with Crippen molar-refractivity contribution in [2.45, 2.75) is 23.1 Å². The highest BCUT2D eigenvalue weighted by atomic mass is 32.2. The maximum atomic E-state index is 12.8. The van der Waals surface area contributed by atoms with Gasteiger partial charge in [0, 0.05) is 28.2 Å². The molecule has 5 nitrogen and oxygen atoms in total. The van der Waals surface area contributed by atoms with Gasteiger partial charge in [0.1, 0.15) is 0 Å². The Balaban J connectivity index is 1.53. The molecule has 0 aromatic heterocycles. The van der Waals surface area contributed by atoms with Gasteiger partial charge >= 0.3 is 6.03 Å². The number of amides is 3. The van der Waals surface area contributed by atoms with Gasteiger partial charge < -0.3 is 15.5 Å². The van der Waals surface area contributed by atoms with E-state index < -0.39 is 0 Å². The highest BCUT2D eigenvalue weighted by molar-refractivity contribution is 7.99. The molecule has 1 heterocycles. The van der Waals surface area contributed by atoms with Crippen LogP contribution in [-0.2, 0) is 6.42 Å². The number of carbonyl (C=O) groups excluding carboxylic acids is 2. The van der Waals surface area contributed by atoms with Crippen LogP contribution in [0.3, 0.4) is 0 Å². The zero-order valence-electron chi connectivity index (χ0n) is 16.2. The van der Waals surface area contributed by atoms with Crippen molar-refractivity contribution >= 4 is 40.8 Å². The predicted octanol–water partition coefficient (Wildman–Crippen LogP) is 5.63. The van der Waals surface area contributed by atoms with E-state index in [1.807, 2.05) is 66.7 Å². The molecule has 0 unspecified atom stereocenters. The van der Waals surface area contributed by atoms with Gasteiger partial charge in [-0.25, -0.2) is 4.79 Å². The zero-order chi connectivity index (χ0) is 20.4. The molecule has 0 saturated heterocycles. The Morgan fingerprint density at radius 1 is 0.931 bits per heavy atom. The van der Waals surface area contributed by atoms with Crippen molar-refractivity contribution in [1.29, 1.82) is 0 Å². The summed E-state index contributed by atoms with van der Waals surface area (Å²) in [4.78, 5) is 28.7. The lowest BCUT2D eigenvalue weighted by molar-refractivity contribution is 0.0990. The average Bonchev–Trinajstić information content (AvgIpc) is 2.84. The lowest BCUT2D eigenvalue weighted by atomic mass is 10.1. The van der Waals surface area contributed by atoms with E-state index in [0.717, 1.165) is 27.6 Å². The number of hydrogen-bond acceptors (Lipinski definition) is 3. The summed E-state index contributed by atoms with van der Waals surface area (Å²) in [6.45, 7) is 2.09. The van der Waals surface area contributed by atoms with Crippen LogP contribution in [0, 0.1) is 0 Å². The minimum Gasteiger partial charge on any atom is -0.310 e. The maximum Gasteiger partial charge on any atom is 0.323 e. The number of nitrogens with one attached hydrogen (secondary N) is 2. The SMILES string of the molecule is CCc1ccc(NC(=O)Nc2ccc3c(c2)N(C)C(=O)c2ccccc2S3)cc1. The standard InChI is InChI=1S/C23H21N3O2S/c1-3-15-8-10-16(11-9-15)24-23(28)25-17-12-13-21-19(14-17)26(2)22(27)18-6-4-5-7-20(18)29-21/h4-14H,3H2,1-2H3,(H2,24,25,28). The van der Waals surface area contributed by atoms with E-state index in [9.17, 15) is 9.59 Å². The highest BCUT2D eigenvalue weighted by Gasteiger charge is 2.24. The monoisotopic (exact) mass is 403 g/mol. The molecule has 2 N–H and O–H groups in total. The Kier molecular flexibility index (Phi) is 5.27. The van der Waals surface area contributed by atoms with Crippen LogP contribution in [0.25, 0.3) is 0 Å². The predicted molar refractivity (Wildman–Crippen MR) is 118 cm³/mol. The third kappa shape index (κ3) is 3.98. The molecule has 0 atom stereocenters. The molecule has 1 aliphatic rings. The summed E-state index contributed by atoms with van der Waals surface area (Å²) in [5.41, 5.74) is 4.01. The first kappa shape index (κ1) is 19.1. The van der Waals surface area contributed by atoms with E-state index in [0.29, 0.717) is 11.3 Å². The highest BCUT2D eigenvalue weighted by Crippen LogP contribution is 2.41. The van der Waals surface area contributed by atoms with Gasteiger partial charge in [-0.05, 0) is 54.4 Å². The molecule has 4 rings (SSSR count). The molecular formula is C23H21N3O2S. The van der Waals surface area contributed by atoms with Crippen molar-refractivity contribution in [2.75, 3.05) is 22.6 Å². The third-order valence-corrected chi connectivity index (χ3v) is 5.98. The summed E-state index contributed by atoms with van der Waals surface area (Å²) in [5.74, 6) is -0.0653. The molecule has 0 radical (unpaired) electrons. The Morgan fingerprint density at radius 3 is 2.38 bits per heavy atom. The van der Waals surface area contributed by atoms with Crippen LogP contribution >= 0.6 is 11.8 Å². The number of benzene rings is 3. The van der Waals surface area contributed by atoms with Gasteiger partial charge in [-0.15, -0.1) is 0 Å².